The van der Waals surface area contributed by atoms with E-state index < -0.39 is 31.6 Å². The molecular formula is C62H64N4Si. The predicted octanol–water partition coefficient (Wildman–Crippen LogP) is 16.2. The van der Waals surface area contributed by atoms with Gasteiger partial charge in [0.15, 0.2) is 0 Å². The van der Waals surface area contributed by atoms with Crippen molar-refractivity contribution in [2.24, 2.45) is 0 Å². The molecular weight excluding hydrogens is 829 g/mol. The maximum absolute atomic E-state index is 9.49. The molecule has 1 aliphatic heterocycles. The summed E-state index contributed by atoms with van der Waals surface area (Å²) in [7, 11) is -2.04. The van der Waals surface area contributed by atoms with Crippen molar-refractivity contribution in [1.82, 2.24) is 9.55 Å². The summed E-state index contributed by atoms with van der Waals surface area (Å²) in [4.78, 5) is 9.36. The largest absolute Gasteiger partial charge is 0.321 e. The minimum Gasteiger partial charge on any atom is -0.321 e. The first-order valence-corrected chi connectivity index (χ1v) is 26.8. The Morgan fingerprint density at radius 1 is 0.582 bits per heavy atom. The van der Waals surface area contributed by atoms with E-state index in [0.29, 0.717) is 33.5 Å². The van der Waals surface area contributed by atoms with Gasteiger partial charge >= 0.3 is 0 Å². The first-order chi connectivity index (χ1) is 35.7. The van der Waals surface area contributed by atoms with Gasteiger partial charge in [-0.25, -0.2) is 4.98 Å². The van der Waals surface area contributed by atoms with E-state index in [1.165, 1.54) is 10.8 Å². The van der Waals surface area contributed by atoms with Gasteiger partial charge in [-0.1, -0.05) is 162 Å². The number of nitrogens with zero attached hydrogens (tertiary/aromatic N) is 4. The third-order valence-electron chi connectivity index (χ3n) is 14.3. The van der Waals surface area contributed by atoms with Crippen LogP contribution in [0.5, 0.6) is 0 Å². The quantitative estimate of drug-likeness (QED) is 0.142. The Hall–Kier alpha value is -6.69. The SMILES string of the molecule is [2H]c1c([2H])c([2H])c(-c2c(C)c(C)c(C)c(-c3c([2H])c([2H])c([2H])c([2H])c3C)c2N2CN(c3cc(C(C)(C)c4ccc5c6ccccc6n(-c6cc(C(C)(C)C)ccn6)c5c4)cc([Si](C)(C)C)c3)c3ccccc32)c([2H])c1[2H]. The lowest BCUT2D eigenvalue weighted by atomic mass is 9.77. The van der Waals surface area contributed by atoms with Crippen LogP contribution in [0.4, 0.5) is 22.7 Å². The molecule has 4 nitrogen and oxygen atoms in total. The van der Waals surface area contributed by atoms with Crippen LogP contribution in [0.25, 0.3) is 49.9 Å². The molecule has 0 amide bonds. The number of anilines is 4. The lowest BCUT2D eigenvalue weighted by molar-refractivity contribution is 0.588. The Kier molecular flexibility index (Phi) is 8.40. The van der Waals surface area contributed by atoms with Crippen LogP contribution in [-0.2, 0) is 10.8 Å². The number of hydrogen-bond donors (Lipinski definition) is 0. The number of benzene rings is 7. The molecule has 0 atom stereocenters. The van der Waals surface area contributed by atoms with Crippen LogP contribution in [-0.4, -0.2) is 24.3 Å². The van der Waals surface area contributed by atoms with Crippen LogP contribution in [0.15, 0.2) is 158 Å². The van der Waals surface area contributed by atoms with Gasteiger partial charge < -0.3 is 9.80 Å². The summed E-state index contributed by atoms with van der Waals surface area (Å²) in [6, 6.07) is 31.5. The number of para-hydroxylation sites is 3. The van der Waals surface area contributed by atoms with Crippen molar-refractivity contribution in [2.45, 2.75) is 92.8 Å². The second kappa shape index (κ2) is 16.3. The second-order valence-corrected chi connectivity index (χ2v) is 25.9. The molecule has 0 aliphatic carbocycles. The van der Waals surface area contributed by atoms with Crippen LogP contribution < -0.4 is 15.0 Å². The van der Waals surface area contributed by atoms with Crippen LogP contribution in [0.1, 0.15) is 85.9 Å². The molecule has 0 spiro atoms. The number of rotatable bonds is 8. The van der Waals surface area contributed by atoms with Crippen LogP contribution in [0.2, 0.25) is 19.6 Å². The van der Waals surface area contributed by atoms with Crippen molar-refractivity contribution in [3.63, 3.8) is 0 Å². The van der Waals surface area contributed by atoms with E-state index >= 15 is 0 Å². The van der Waals surface area contributed by atoms with Crippen molar-refractivity contribution >= 4 is 57.8 Å². The molecule has 0 N–H and O–H groups in total. The molecule has 7 aromatic carbocycles. The summed E-state index contributed by atoms with van der Waals surface area (Å²) in [5.74, 6) is 0.869. The van der Waals surface area contributed by atoms with Gasteiger partial charge in [0.1, 0.15) is 12.5 Å². The molecule has 10 rings (SSSR count). The molecule has 2 aromatic heterocycles. The first-order valence-electron chi connectivity index (χ1n) is 27.8. The highest BCUT2D eigenvalue weighted by Crippen LogP contribution is 2.53. The van der Waals surface area contributed by atoms with Crippen molar-refractivity contribution in [3.05, 3.63) is 197 Å². The van der Waals surface area contributed by atoms with E-state index in [4.69, 9.17) is 13.2 Å². The van der Waals surface area contributed by atoms with Gasteiger partial charge in [-0.15, -0.1) is 0 Å². The van der Waals surface area contributed by atoms with E-state index in [0.717, 1.165) is 66.9 Å². The zero-order chi connectivity index (χ0) is 55.0. The van der Waals surface area contributed by atoms with E-state index in [1.54, 1.807) is 6.92 Å². The molecule has 0 bridgehead atoms. The average molecular weight is 902 g/mol. The van der Waals surface area contributed by atoms with Crippen molar-refractivity contribution in [2.75, 3.05) is 16.5 Å². The molecule has 67 heavy (non-hydrogen) atoms. The summed E-state index contributed by atoms with van der Waals surface area (Å²) in [6.45, 7) is 26.0. The third kappa shape index (κ3) is 7.49. The molecule has 336 valence electrons. The Morgan fingerprint density at radius 2 is 1.24 bits per heavy atom. The molecule has 5 heteroatoms. The summed E-state index contributed by atoms with van der Waals surface area (Å²) >= 11 is 0. The maximum Gasteiger partial charge on any atom is 0.137 e. The number of fused-ring (bicyclic) bond motifs is 4. The number of pyridine rings is 1. The molecule has 3 heterocycles. The number of hydrogen-bond acceptors (Lipinski definition) is 3. The van der Waals surface area contributed by atoms with Crippen molar-refractivity contribution < 1.29 is 12.3 Å². The minimum atomic E-state index is -2.04. The van der Waals surface area contributed by atoms with E-state index in [-0.39, 0.29) is 53.9 Å². The summed E-state index contributed by atoms with van der Waals surface area (Å²) in [5.41, 5.74) is 12.0. The molecule has 0 fully saturated rings. The molecule has 0 radical (unpaired) electrons. The van der Waals surface area contributed by atoms with Gasteiger partial charge in [0.25, 0.3) is 0 Å². The fourth-order valence-corrected chi connectivity index (χ4v) is 11.2. The summed E-state index contributed by atoms with van der Waals surface area (Å²) in [6.07, 6.45) is 1.91. The summed E-state index contributed by atoms with van der Waals surface area (Å²) in [5, 5.41) is 3.57. The molecule has 0 saturated carbocycles. The van der Waals surface area contributed by atoms with Crippen LogP contribution >= 0.6 is 0 Å². The Balaban J connectivity index is 1.21. The lowest BCUT2D eigenvalue weighted by Crippen LogP contribution is -2.39. The monoisotopic (exact) mass is 902 g/mol. The Morgan fingerprint density at radius 3 is 1.97 bits per heavy atom. The zero-order valence-electron chi connectivity index (χ0n) is 49.8. The highest BCUT2D eigenvalue weighted by Gasteiger charge is 2.36. The van der Waals surface area contributed by atoms with Gasteiger partial charge in [0.05, 0.1) is 48.5 Å². The first kappa shape index (κ1) is 34.6. The average Bonchev–Trinajstić information content (AvgIpc) is 3.98. The fourth-order valence-electron chi connectivity index (χ4n) is 9.99. The Bertz CT molecular complexity index is 3770. The standard InChI is InChI=1S/C62H64N4Si/c1-40-22-16-17-25-50(40)59-43(4)41(2)42(3)58(44-23-14-13-15-24-44)60(59)65-39-64(54-28-20-21-29-55(54)65)48-34-47(35-49(38-48)67(10,11)12)62(8,9)46-30-31-52-51-26-18-19-27-53(51)66(56(52)36-46)57-37-45(32-33-63-57)61(5,6)7/h13-38H,39H2,1-12H3/i13D,14D,15D,16D,17D,22D,23D,24D,25D. The zero-order valence-corrected chi connectivity index (χ0v) is 41.8. The maximum atomic E-state index is 9.49. The molecule has 0 saturated heterocycles. The van der Waals surface area contributed by atoms with E-state index in [9.17, 15) is 4.11 Å². The lowest BCUT2D eigenvalue weighted by Gasteiger charge is -2.32. The predicted molar refractivity (Wildman–Crippen MR) is 291 cm³/mol. The number of aromatic nitrogens is 2. The highest BCUT2D eigenvalue weighted by atomic mass is 28.3. The summed E-state index contributed by atoms with van der Waals surface area (Å²) < 4.78 is 83.5. The van der Waals surface area contributed by atoms with E-state index in [2.05, 4.69) is 147 Å². The van der Waals surface area contributed by atoms with Gasteiger partial charge in [0, 0.05) is 39.2 Å². The Labute approximate surface area is 412 Å². The minimum absolute atomic E-state index is 0.0238. The smallest absolute Gasteiger partial charge is 0.137 e. The topological polar surface area (TPSA) is 24.3 Å². The highest BCUT2D eigenvalue weighted by molar-refractivity contribution is 6.88. The third-order valence-corrected chi connectivity index (χ3v) is 16.3. The normalized spacial score (nSPS) is 15.1. The van der Waals surface area contributed by atoms with Gasteiger partial charge in [0.2, 0.25) is 0 Å². The van der Waals surface area contributed by atoms with Crippen molar-refractivity contribution in [1.29, 1.82) is 0 Å². The molecule has 1 aliphatic rings. The van der Waals surface area contributed by atoms with Crippen molar-refractivity contribution in [3.8, 4) is 28.1 Å². The van der Waals surface area contributed by atoms with Gasteiger partial charge in [-0.2, -0.15) is 0 Å². The molecule has 0 unspecified atom stereocenters. The van der Waals surface area contributed by atoms with Crippen LogP contribution in [0.3, 0.4) is 0 Å². The van der Waals surface area contributed by atoms with Gasteiger partial charge in [-0.3, -0.25) is 4.57 Å². The molecule has 9 aromatic rings. The van der Waals surface area contributed by atoms with E-state index in [1.807, 2.05) is 45.2 Å². The van der Waals surface area contributed by atoms with Crippen LogP contribution in [0, 0.1) is 27.7 Å². The fraction of sp³-hybridized carbons (Fsp3) is 0.242. The van der Waals surface area contributed by atoms with Gasteiger partial charge in [-0.05, 0) is 132 Å². The second-order valence-electron chi connectivity index (χ2n) is 20.8.